The van der Waals surface area contributed by atoms with Crippen molar-refractivity contribution >= 4 is 5.91 Å². The van der Waals surface area contributed by atoms with E-state index >= 15 is 0 Å². The van der Waals surface area contributed by atoms with Crippen molar-refractivity contribution in [2.45, 2.75) is 20.4 Å². The lowest BCUT2D eigenvalue weighted by molar-refractivity contribution is 0.0950. The molecule has 0 atom stereocenters. The molecule has 0 radical (unpaired) electrons. The van der Waals surface area contributed by atoms with Gasteiger partial charge in [0.05, 0.1) is 11.4 Å². The summed E-state index contributed by atoms with van der Waals surface area (Å²) < 4.78 is 14.7. The Morgan fingerprint density at radius 2 is 1.91 bits per heavy atom. The van der Waals surface area contributed by atoms with Gasteiger partial charge in [-0.15, -0.1) is 0 Å². The number of hydrogen-bond acceptors (Lipinski definition) is 4. The summed E-state index contributed by atoms with van der Waals surface area (Å²) in [6.45, 7) is 4.17. The standard InChI is InChI=1S/C25H21FN4O2/c1-16-10-18(14-28-24(16)19-6-8-27-17(2)11-19)15-29-25(32)20-7-9-30(23(31)12-20)22-5-3-4-21(26)13-22/h3-14H,15H2,1-2H3,(H,29,32). The molecule has 1 N–H and O–H groups in total. The van der Waals surface area contributed by atoms with Gasteiger partial charge in [0.25, 0.3) is 11.5 Å². The number of carbonyl (C=O) groups excluding carboxylic acids is 1. The van der Waals surface area contributed by atoms with Gasteiger partial charge in [-0.2, -0.15) is 0 Å². The Morgan fingerprint density at radius 3 is 2.62 bits per heavy atom. The quantitative estimate of drug-likeness (QED) is 0.522. The smallest absolute Gasteiger partial charge is 0.255 e. The van der Waals surface area contributed by atoms with Gasteiger partial charge in [-0.05, 0) is 61.4 Å². The lowest BCUT2D eigenvalue weighted by Gasteiger charge is -2.10. The first-order chi connectivity index (χ1) is 15.4. The maximum atomic E-state index is 13.4. The van der Waals surface area contributed by atoms with Crippen molar-refractivity contribution in [3.63, 3.8) is 0 Å². The third-order valence-corrected chi connectivity index (χ3v) is 5.03. The van der Waals surface area contributed by atoms with E-state index in [2.05, 4.69) is 15.3 Å². The maximum absolute atomic E-state index is 13.4. The molecular formula is C25H21FN4O2. The number of rotatable bonds is 5. The van der Waals surface area contributed by atoms with E-state index in [1.165, 1.54) is 41.1 Å². The van der Waals surface area contributed by atoms with Gasteiger partial charge in [0, 0.05) is 48.0 Å². The molecule has 7 heteroatoms. The molecule has 1 amide bonds. The zero-order chi connectivity index (χ0) is 22.7. The van der Waals surface area contributed by atoms with E-state index in [0.29, 0.717) is 5.69 Å². The molecule has 160 valence electrons. The Bertz CT molecular complexity index is 1360. The van der Waals surface area contributed by atoms with Crippen LogP contribution in [0, 0.1) is 19.7 Å². The summed E-state index contributed by atoms with van der Waals surface area (Å²) in [6.07, 6.45) is 4.94. The van der Waals surface area contributed by atoms with Gasteiger partial charge in [0.15, 0.2) is 0 Å². The van der Waals surface area contributed by atoms with E-state index in [9.17, 15) is 14.0 Å². The highest BCUT2D eigenvalue weighted by Gasteiger charge is 2.10. The number of carbonyl (C=O) groups is 1. The minimum Gasteiger partial charge on any atom is -0.348 e. The molecule has 3 heterocycles. The topological polar surface area (TPSA) is 76.9 Å². The van der Waals surface area contributed by atoms with E-state index in [1.54, 1.807) is 18.5 Å². The SMILES string of the molecule is Cc1cc(-c2ncc(CNC(=O)c3ccn(-c4cccc(F)c4)c(=O)c3)cc2C)ccn1. The van der Waals surface area contributed by atoms with Crippen LogP contribution < -0.4 is 10.9 Å². The molecule has 0 unspecified atom stereocenters. The highest BCUT2D eigenvalue weighted by molar-refractivity contribution is 5.94. The molecular weight excluding hydrogens is 407 g/mol. The average Bonchev–Trinajstić information content (AvgIpc) is 2.77. The normalized spacial score (nSPS) is 10.7. The third-order valence-electron chi connectivity index (χ3n) is 5.03. The van der Waals surface area contributed by atoms with E-state index < -0.39 is 11.4 Å². The van der Waals surface area contributed by atoms with Crippen LogP contribution in [-0.2, 0) is 6.54 Å². The minimum absolute atomic E-state index is 0.233. The van der Waals surface area contributed by atoms with Crippen molar-refractivity contribution in [3.05, 3.63) is 112 Å². The highest BCUT2D eigenvalue weighted by Crippen LogP contribution is 2.21. The monoisotopic (exact) mass is 428 g/mol. The molecule has 4 aromatic rings. The molecule has 3 aromatic heterocycles. The Hall–Kier alpha value is -4.13. The van der Waals surface area contributed by atoms with Crippen molar-refractivity contribution in [1.82, 2.24) is 19.9 Å². The zero-order valence-corrected chi connectivity index (χ0v) is 17.7. The zero-order valence-electron chi connectivity index (χ0n) is 17.7. The maximum Gasteiger partial charge on any atom is 0.255 e. The van der Waals surface area contributed by atoms with Gasteiger partial charge < -0.3 is 5.32 Å². The number of nitrogens with one attached hydrogen (secondary N) is 1. The number of hydrogen-bond donors (Lipinski definition) is 1. The summed E-state index contributed by atoms with van der Waals surface area (Å²) in [5.74, 6) is -0.815. The molecule has 0 aliphatic rings. The molecule has 32 heavy (non-hydrogen) atoms. The van der Waals surface area contributed by atoms with Crippen LogP contribution in [0.4, 0.5) is 4.39 Å². The minimum atomic E-state index is -0.440. The molecule has 0 fully saturated rings. The molecule has 1 aromatic carbocycles. The number of pyridine rings is 3. The van der Waals surface area contributed by atoms with E-state index in [0.717, 1.165) is 28.1 Å². The molecule has 0 bridgehead atoms. The molecule has 6 nitrogen and oxygen atoms in total. The molecule has 4 rings (SSSR count). The van der Waals surface area contributed by atoms with Crippen LogP contribution in [0.2, 0.25) is 0 Å². The number of benzene rings is 1. The number of nitrogens with zero attached hydrogens (tertiary/aromatic N) is 3. The first kappa shape index (κ1) is 21.1. The first-order valence-electron chi connectivity index (χ1n) is 10.1. The summed E-state index contributed by atoms with van der Waals surface area (Å²) in [4.78, 5) is 33.7. The van der Waals surface area contributed by atoms with Crippen LogP contribution in [0.5, 0.6) is 0 Å². The van der Waals surface area contributed by atoms with E-state index in [-0.39, 0.29) is 18.0 Å². The van der Waals surface area contributed by atoms with Gasteiger partial charge in [-0.25, -0.2) is 4.39 Å². The second-order valence-electron chi connectivity index (χ2n) is 7.48. The first-order valence-corrected chi connectivity index (χ1v) is 10.1. The van der Waals surface area contributed by atoms with E-state index in [1.807, 2.05) is 32.0 Å². The van der Waals surface area contributed by atoms with Gasteiger partial charge in [-0.1, -0.05) is 12.1 Å². The van der Waals surface area contributed by atoms with Crippen molar-refractivity contribution in [1.29, 1.82) is 0 Å². The lowest BCUT2D eigenvalue weighted by Crippen LogP contribution is -2.26. The fourth-order valence-electron chi connectivity index (χ4n) is 3.47. The molecule has 0 saturated heterocycles. The van der Waals surface area contributed by atoms with Crippen molar-refractivity contribution in [2.24, 2.45) is 0 Å². The van der Waals surface area contributed by atoms with Crippen molar-refractivity contribution in [3.8, 4) is 16.9 Å². The number of aromatic nitrogens is 3. The summed E-state index contributed by atoms with van der Waals surface area (Å²) in [6, 6.07) is 14.3. The van der Waals surface area contributed by atoms with Gasteiger partial charge in [0.1, 0.15) is 5.82 Å². The predicted octanol–water partition coefficient (Wildman–Crippen LogP) is 3.98. The number of aryl methyl sites for hydroxylation is 2. The van der Waals surface area contributed by atoms with Gasteiger partial charge >= 0.3 is 0 Å². The number of amides is 1. The lowest BCUT2D eigenvalue weighted by atomic mass is 10.1. The average molecular weight is 428 g/mol. The third kappa shape index (κ3) is 4.62. The second kappa shape index (κ2) is 8.93. The fourth-order valence-corrected chi connectivity index (χ4v) is 3.47. The van der Waals surface area contributed by atoms with Crippen LogP contribution in [0.3, 0.4) is 0 Å². The fraction of sp³-hybridized carbons (Fsp3) is 0.120. The van der Waals surface area contributed by atoms with Crippen molar-refractivity contribution in [2.75, 3.05) is 0 Å². The van der Waals surface area contributed by atoms with E-state index in [4.69, 9.17) is 0 Å². The second-order valence-corrected chi connectivity index (χ2v) is 7.48. The molecule has 0 saturated carbocycles. The van der Waals surface area contributed by atoms with Gasteiger partial charge in [0.2, 0.25) is 0 Å². The van der Waals surface area contributed by atoms with Crippen LogP contribution in [0.15, 0.2) is 78.0 Å². The number of halogens is 1. The Kier molecular flexibility index (Phi) is 5.89. The van der Waals surface area contributed by atoms with Gasteiger partial charge in [-0.3, -0.25) is 24.1 Å². The molecule has 0 aliphatic heterocycles. The summed E-state index contributed by atoms with van der Waals surface area (Å²) in [7, 11) is 0. The Morgan fingerprint density at radius 1 is 1.06 bits per heavy atom. The predicted molar refractivity (Wildman–Crippen MR) is 120 cm³/mol. The summed E-state index contributed by atoms with van der Waals surface area (Å²) in [5, 5.41) is 2.81. The van der Waals surface area contributed by atoms with Crippen LogP contribution in [-0.4, -0.2) is 20.4 Å². The molecule has 0 aliphatic carbocycles. The molecule has 0 spiro atoms. The summed E-state index contributed by atoms with van der Waals surface area (Å²) in [5.41, 5.74) is 4.82. The van der Waals surface area contributed by atoms with Crippen molar-refractivity contribution < 1.29 is 9.18 Å². The van der Waals surface area contributed by atoms with Crippen LogP contribution >= 0.6 is 0 Å². The van der Waals surface area contributed by atoms with Crippen LogP contribution in [0.25, 0.3) is 16.9 Å². The Balaban J connectivity index is 1.46. The highest BCUT2D eigenvalue weighted by atomic mass is 19.1. The Labute approximate surface area is 184 Å². The van der Waals surface area contributed by atoms with Crippen LogP contribution in [0.1, 0.15) is 27.2 Å². The summed E-state index contributed by atoms with van der Waals surface area (Å²) >= 11 is 0. The largest absolute Gasteiger partial charge is 0.348 e.